The molecule has 2 amide bonds. The Morgan fingerprint density at radius 2 is 1.64 bits per heavy atom. The van der Waals surface area contributed by atoms with Crippen LogP contribution >= 0.6 is 0 Å². The molecule has 126 valence electrons. The van der Waals surface area contributed by atoms with Crippen LogP contribution in [-0.4, -0.2) is 22.8 Å². The molecule has 0 radical (unpaired) electrons. The van der Waals surface area contributed by atoms with Crippen molar-refractivity contribution in [3.8, 4) is 0 Å². The van der Waals surface area contributed by atoms with Gasteiger partial charge in [0.2, 0.25) is 0 Å². The maximum absolute atomic E-state index is 12.9. The molecule has 2 aromatic carbocycles. The van der Waals surface area contributed by atoms with Gasteiger partial charge in [-0.2, -0.15) is 0 Å². The first-order chi connectivity index (χ1) is 12.0. The van der Waals surface area contributed by atoms with E-state index in [1.165, 1.54) is 0 Å². The van der Waals surface area contributed by atoms with E-state index in [1.807, 2.05) is 31.2 Å². The highest BCUT2D eigenvalue weighted by Crippen LogP contribution is 2.45. The summed E-state index contributed by atoms with van der Waals surface area (Å²) in [5.74, 6) is -1.72. The smallest absolute Gasteiger partial charge is 0.329 e. The summed E-state index contributed by atoms with van der Waals surface area (Å²) < 4.78 is 0. The minimum atomic E-state index is -0.776. The quantitative estimate of drug-likeness (QED) is 0.808. The van der Waals surface area contributed by atoms with Crippen LogP contribution in [0.5, 0.6) is 0 Å². The van der Waals surface area contributed by atoms with Gasteiger partial charge in [-0.05, 0) is 37.5 Å². The summed E-state index contributed by atoms with van der Waals surface area (Å²) in [4.78, 5) is 43.0. The van der Waals surface area contributed by atoms with Crippen molar-refractivity contribution < 1.29 is 19.2 Å². The van der Waals surface area contributed by atoms with Crippen LogP contribution in [0.2, 0.25) is 0 Å². The number of fused-ring (bicyclic) bond motifs is 1. The molecule has 0 saturated heterocycles. The summed E-state index contributed by atoms with van der Waals surface area (Å²) in [6, 6.07) is 14.2. The first kappa shape index (κ1) is 15.6. The van der Waals surface area contributed by atoms with Gasteiger partial charge in [-0.1, -0.05) is 53.4 Å². The van der Waals surface area contributed by atoms with Gasteiger partial charge in [-0.3, -0.25) is 9.59 Å². The first-order valence-electron chi connectivity index (χ1n) is 8.30. The fraction of sp³-hybridized carbons (Fsp3) is 0.250. The lowest BCUT2D eigenvalue weighted by molar-refractivity contribution is -0.179. The summed E-state index contributed by atoms with van der Waals surface area (Å²) in [6.07, 6.45) is 2.21. The van der Waals surface area contributed by atoms with Crippen molar-refractivity contribution in [3.63, 3.8) is 0 Å². The van der Waals surface area contributed by atoms with E-state index in [-0.39, 0.29) is 11.1 Å². The monoisotopic (exact) mass is 335 g/mol. The van der Waals surface area contributed by atoms with Gasteiger partial charge in [-0.15, -0.1) is 0 Å². The van der Waals surface area contributed by atoms with E-state index in [9.17, 15) is 14.4 Å². The molecule has 5 heteroatoms. The van der Waals surface area contributed by atoms with Crippen molar-refractivity contribution >= 4 is 17.8 Å². The third-order valence-corrected chi connectivity index (χ3v) is 5.10. The number of hydrogen-bond donors (Lipinski definition) is 0. The largest absolute Gasteiger partial charge is 0.343 e. The molecule has 2 aromatic rings. The van der Waals surface area contributed by atoms with Crippen molar-refractivity contribution in [2.75, 3.05) is 0 Å². The van der Waals surface area contributed by atoms with Crippen molar-refractivity contribution in [1.82, 2.24) is 5.06 Å². The Hall–Kier alpha value is -2.95. The Bertz CT molecular complexity index is 863. The normalized spacial score (nSPS) is 17.9. The van der Waals surface area contributed by atoms with E-state index in [0.717, 1.165) is 17.5 Å². The molecule has 0 unspecified atom stereocenters. The second-order valence-electron chi connectivity index (χ2n) is 6.63. The molecular formula is C20H17NO4. The molecule has 1 heterocycles. The van der Waals surface area contributed by atoms with Gasteiger partial charge >= 0.3 is 5.97 Å². The van der Waals surface area contributed by atoms with E-state index < -0.39 is 23.2 Å². The van der Waals surface area contributed by atoms with E-state index in [0.29, 0.717) is 17.9 Å². The minimum Gasteiger partial charge on any atom is -0.329 e. The van der Waals surface area contributed by atoms with Gasteiger partial charge in [0.25, 0.3) is 11.8 Å². The average Bonchev–Trinajstić information content (AvgIpc) is 2.80. The SMILES string of the molecule is Cc1cccc(C2(C(=O)ON3C(=O)c4ccccc4C3=O)CCC2)c1. The Labute approximate surface area is 145 Å². The number of imide groups is 1. The van der Waals surface area contributed by atoms with Crippen LogP contribution in [0.3, 0.4) is 0 Å². The number of nitrogens with zero attached hydrogens (tertiary/aromatic N) is 1. The highest BCUT2D eigenvalue weighted by atomic mass is 16.7. The van der Waals surface area contributed by atoms with Crippen LogP contribution in [0, 0.1) is 6.92 Å². The number of rotatable bonds is 3. The minimum absolute atomic E-state index is 0.263. The molecule has 4 rings (SSSR count). The van der Waals surface area contributed by atoms with Gasteiger partial charge < -0.3 is 4.84 Å². The first-order valence-corrected chi connectivity index (χ1v) is 8.30. The molecule has 1 fully saturated rings. The van der Waals surface area contributed by atoms with Gasteiger partial charge in [0, 0.05) is 0 Å². The molecule has 0 bridgehead atoms. The molecule has 2 aliphatic rings. The van der Waals surface area contributed by atoms with Crippen LogP contribution < -0.4 is 0 Å². The Morgan fingerprint density at radius 1 is 1.00 bits per heavy atom. The van der Waals surface area contributed by atoms with Crippen LogP contribution in [0.15, 0.2) is 48.5 Å². The van der Waals surface area contributed by atoms with Crippen LogP contribution in [0.25, 0.3) is 0 Å². The number of benzene rings is 2. The lowest BCUT2D eigenvalue weighted by Gasteiger charge is -2.40. The predicted molar refractivity (Wildman–Crippen MR) is 89.7 cm³/mol. The number of hydroxylamine groups is 2. The number of carbonyl (C=O) groups is 3. The van der Waals surface area contributed by atoms with Crippen molar-refractivity contribution in [2.45, 2.75) is 31.6 Å². The van der Waals surface area contributed by atoms with Gasteiger partial charge in [0.05, 0.1) is 16.5 Å². The molecule has 25 heavy (non-hydrogen) atoms. The Kier molecular flexibility index (Phi) is 3.46. The number of aryl methyl sites for hydroxylation is 1. The average molecular weight is 335 g/mol. The van der Waals surface area contributed by atoms with Crippen LogP contribution in [0.1, 0.15) is 51.1 Å². The second-order valence-corrected chi connectivity index (χ2v) is 6.63. The molecular weight excluding hydrogens is 318 g/mol. The Balaban J connectivity index is 1.62. The molecule has 1 saturated carbocycles. The van der Waals surface area contributed by atoms with Gasteiger partial charge in [0.1, 0.15) is 0 Å². The topological polar surface area (TPSA) is 63.7 Å². The molecule has 0 spiro atoms. The number of amides is 2. The number of hydrogen-bond acceptors (Lipinski definition) is 4. The van der Waals surface area contributed by atoms with Crippen LogP contribution in [0.4, 0.5) is 0 Å². The highest BCUT2D eigenvalue weighted by molar-refractivity contribution is 6.21. The molecule has 0 N–H and O–H groups in total. The standard InChI is InChI=1S/C20H17NO4/c1-13-6-4-7-14(12-13)20(10-5-11-20)19(24)25-21-17(22)15-8-2-3-9-16(15)18(21)23/h2-4,6-9,12H,5,10-11H2,1H3. The molecule has 1 aliphatic heterocycles. The predicted octanol–water partition coefficient (Wildman–Crippen LogP) is 3.17. The molecule has 1 aliphatic carbocycles. The Morgan fingerprint density at radius 3 is 2.16 bits per heavy atom. The van der Waals surface area contributed by atoms with Gasteiger partial charge in [0.15, 0.2) is 0 Å². The zero-order valence-corrected chi connectivity index (χ0v) is 13.8. The summed E-state index contributed by atoms with van der Waals surface area (Å²) in [6.45, 7) is 1.96. The molecule has 5 nitrogen and oxygen atoms in total. The van der Waals surface area contributed by atoms with Crippen LogP contribution in [-0.2, 0) is 15.0 Å². The summed E-state index contributed by atoms with van der Waals surface area (Å²) in [7, 11) is 0. The van der Waals surface area contributed by atoms with E-state index >= 15 is 0 Å². The maximum atomic E-state index is 12.9. The van der Waals surface area contributed by atoms with Crippen molar-refractivity contribution in [3.05, 3.63) is 70.8 Å². The van der Waals surface area contributed by atoms with E-state index in [2.05, 4.69) is 0 Å². The zero-order chi connectivity index (χ0) is 17.6. The molecule has 0 aromatic heterocycles. The van der Waals surface area contributed by atoms with Crippen molar-refractivity contribution in [1.29, 1.82) is 0 Å². The van der Waals surface area contributed by atoms with Crippen molar-refractivity contribution in [2.24, 2.45) is 0 Å². The van der Waals surface area contributed by atoms with E-state index in [1.54, 1.807) is 24.3 Å². The highest BCUT2D eigenvalue weighted by Gasteiger charge is 2.50. The lowest BCUT2D eigenvalue weighted by atomic mass is 9.64. The lowest BCUT2D eigenvalue weighted by Crippen LogP contribution is -2.47. The van der Waals surface area contributed by atoms with Gasteiger partial charge in [-0.25, -0.2) is 4.79 Å². The summed E-state index contributed by atoms with van der Waals surface area (Å²) >= 11 is 0. The van der Waals surface area contributed by atoms with E-state index in [4.69, 9.17) is 4.84 Å². The zero-order valence-electron chi connectivity index (χ0n) is 13.8. The maximum Gasteiger partial charge on any atom is 0.343 e. The number of carbonyl (C=O) groups excluding carboxylic acids is 3. The second kappa shape index (κ2) is 5.55. The fourth-order valence-corrected chi connectivity index (χ4v) is 3.50. The summed E-state index contributed by atoms with van der Waals surface area (Å²) in [5, 5.41) is 0.600. The summed E-state index contributed by atoms with van der Waals surface area (Å²) in [5.41, 5.74) is 1.68. The third-order valence-electron chi connectivity index (χ3n) is 5.10. The fourth-order valence-electron chi connectivity index (χ4n) is 3.50. The third kappa shape index (κ3) is 2.27. The molecule has 0 atom stereocenters.